The maximum atomic E-state index is 13.2. The normalized spacial score (nSPS) is 10.7. The summed E-state index contributed by atoms with van der Waals surface area (Å²) in [6.07, 6.45) is 0.908. The Morgan fingerprint density at radius 1 is 1.30 bits per heavy atom. The standard InChI is InChI=1S/C17H15FN2O2S/c1-2-11-4-3-5-13(8-11)22-10-16(21)20-17-19-14-7-6-12(18)9-15(14)23-17/h3-9H,2,10H2,1H3,(H,19,20,21). The SMILES string of the molecule is CCc1cccc(OCC(=O)Nc2nc3ccc(F)cc3s2)c1. The highest BCUT2D eigenvalue weighted by Crippen LogP contribution is 2.26. The van der Waals surface area contributed by atoms with Crippen molar-refractivity contribution in [3.05, 3.63) is 53.8 Å². The first-order valence-electron chi connectivity index (χ1n) is 7.21. The fourth-order valence-corrected chi connectivity index (χ4v) is 3.02. The fourth-order valence-electron chi connectivity index (χ4n) is 2.11. The zero-order chi connectivity index (χ0) is 16.2. The van der Waals surface area contributed by atoms with Crippen LogP contribution in [0.5, 0.6) is 5.75 Å². The Bertz CT molecular complexity index is 847. The van der Waals surface area contributed by atoms with Crippen molar-refractivity contribution < 1.29 is 13.9 Å². The molecule has 0 spiro atoms. The van der Waals surface area contributed by atoms with Gasteiger partial charge in [-0.05, 0) is 42.3 Å². The van der Waals surface area contributed by atoms with E-state index in [9.17, 15) is 9.18 Å². The molecule has 0 atom stereocenters. The predicted octanol–water partition coefficient (Wildman–Crippen LogP) is 4.02. The lowest BCUT2D eigenvalue weighted by Crippen LogP contribution is -2.20. The highest BCUT2D eigenvalue weighted by atomic mass is 32.1. The number of aryl methyl sites for hydroxylation is 1. The first-order valence-corrected chi connectivity index (χ1v) is 8.03. The second-order valence-corrected chi connectivity index (χ2v) is 6.00. The van der Waals surface area contributed by atoms with E-state index >= 15 is 0 Å². The van der Waals surface area contributed by atoms with E-state index in [0.29, 0.717) is 21.1 Å². The summed E-state index contributed by atoms with van der Waals surface area (Å²) in [4.78, 5) is 16.2. The molecule has 0 aliphatic heterocycles. The summed E-state index contributed by atoms with van der Waals surface area (Å²) in [5.41, 5.74) is 1.80. The first-order chi connectivity index (χ1) is 11.1. The molecule has 0 aliphatic carbocycles. The van der Waals surface area contributed by atoms with Gasteiger partial charge in [-0.1, -0.05) is 30.4 Å². The number of carbonyl (C=O) groups is 1. The number of fused-ring (bicyclic) bond motifs is 1. The van der Waals surface area contributed by atoms with Gasteiger partial charge in [-0.2, -0.15) is 0 Å². The van der Waals surface area contributed by atoms with Gasteiger partial charge in [-0.3, -0.25) is 10.1 Å². The third-order valence-corrected chi connectivity index (χ3v) is 4.21. The first kappa shape index (κ1) is 15.4. The van der Waals surface area contributed by atoms with E-state index in [1.54, 1.807) is 6.07 Å². The Morgan fingerprint density at radius 3 is 3.00 bits per heavy atom. The van der Waals surface area contributed by atoms with Gasteiger partial charge in [0.05, 0.1) is 10.2 Å². The van der Waals surface area contributed by atoms with Crippen molar-refractivity contribution in [1.29, 1.82) is 0 Å². The van der Waals surface area contributed by atoms with E-state index in [2.05, 4.69) is 17.2 Å². The van der Waals surface area contributed by atoms with Crippen LogP contribution in [0.1, 0.15) is 12.5 Å². The van der Waals surface area contributed by atoms with Gasteiger partial charge >= 0.3 is 0 Å². The average molecular weight is 330 g/mol. The van der Waals surface area contributed by atoms with Crippen molar-refractivity contribution in [3.8, 4) is 5.75 Å². The molecule has 0 saturated heterocycles. The van der Waals surface area contributed by atoms with Crippen molar-refractivity contribution >= 4 is 32.6 Å². The molecule has 1 amide bonds. The lowest BCUT2D eigenvalue weighted by molar-refractivity contribution is -0.118. The summed E-state index contributed by atoms with van der Waals surface area (Å²) in [6, 6.07) is 12.0. The minimum atomic E-state index is -0.321. The zero-order valence-electron chi connectivity index (χ0n) is 12.5. The number of rotatable bonds is 5. The molecule has 3 rings (SSSR count). The van der Waals surface area contributed by atoms with Crippen molar-refractivity contribution in [1.82, 2.24) is 4.98 Å². The Morgan fingerprint density at radius 2 is 2.17 bits per heavy atom. The number of hydrogen-bond acceptors (Lipinski definition) is 4. The number of amides is 1. The summed E-state index contributed by atoms with van der Waals surface area (Å²) >= 11 is 1.23. The van der Waals surface area contributed by atoms with E-state index in [-0.39, 0.29) is 18.3 Å². The van der Waals surface area contributed by atoms with Crippen molar-refractivity contribution in [2.24, 2.45) is 0 Å². The van der Waals surface area contributed by atoms with Gasteiger partial charge < -0.3 is 4.74 Å². The molecule has 1 N–H and O–H groups in total. The molecule has 2 aromatic carbocycles. The van der Waals surface area contributed by atoms with Crippen LogP contribution in [0.3, 0.4) is 0 Å². The maximum absolute atomic E-state index is 13.2. The number of ether oxygens (including phenoxy) is 1. The minimum absolute atomic E-state index is 0.0997. The Labute approximate surface area is 136 Å². The zero-order valence-corrected chi connectivity index (χ0v) is 13.3. The van der Waals surface area contributed by atoms with Gasteiger partial charge in [0.1, 0.15) is 11.6 Å². The summed E-state index contributed by atoms with van der Waals surface area (Å²) in [5.74, 6) is 0.0375. The van der Waals surface area contributed by atoms with Crippen molar-refractivity contribution in [2.75, 3.05) is 11.9 Å². The lowest BCUT2D eigenvalue weighted by atomic mass is 10.2. The molecule has 0 radical (unpaired) electrons. The minimum Gasteiger partial charge on any atom is -0.484 e. The largest absolute Gasteiger partial charge is 0.484 e. The molecule has 4 nitrogen and oxygen atoms in total. The number of anilines is 1. The molecular formula is C17H15FN2O2S. The van der Waals surface area contributed by atoms with E-state index < -0.39 is 0 Å². The molecular weight excluding hydrogens is 315 g/mol. The van der Waals surface area contributed by atoms with Gasteiger partial charge in [0.15, 0.2) is 11.7 Å². The number of thiazole rings is 1. The van der Waals surface area contributed by atoms with Crippen LogP contribution in [0, 0.1) is 5.82 Å². The number of nitrogens with zero attached hydrogens (tertiary/aromatic N) is 1. The highest BCUT2D eigenvalue weighted by molar-refractivity contribution is 7.22. The predicted molar refractivity (Wildman–Crippen MR) is 89.5 cm³/mol. The van der Waals surface area contributed by atoms with Crippen LogP contribution < -0.4 is 10.1 Å². The fraction of sp³-hybridized carbons (Fsp3) is 0.176. The Balaban J connectivity index is 1.61. The van der Waals surface area contributed by atoms with Crippen LogP contribution in [0.25, 0.3) is 10.2 Å². The second-order valence-electron chi connectivity index (χ2n) is 4.97. The van der Waals surface area contributed by atoms with Gasteiger partial charge in [0, 0.05) is 0 Å². The van der Waals surface area contributed by atoms with Crippen LogP contribution in [-0.4, -0.2) is 17.5 Å². The molecule has 23 heavy (non-hydrogen) atoms. The lowest BCUT2D eigenvalue weighted by Gasteiger charge is -2.06. The van der Waals surface area contributed by atoms with Crippen LogP contribution in [0.15, 0.2) is 42.5 Å². The molecule has 1 aromatic heterocycles. The topological polar surface area (TPSA) is 51.2 Å². The number of hydrogen-bond donors (Lipinski definition) is 1. The highest BCUT2D eigenvalue weighted by Gasteiger charge is 2.09. The Hall–Kier alpha value is -2.47. The van der Waals surface area contributed by atoms with E-state index in [1.165, 1.54) is 23.5 Å². The summed E-state index contributed by atoms with van der Waals surface area (Å²) in [7, 11) is 0. The quantitative estimate of drug-likeness (QED) is 0.769. The average Bonchev–Trinajstić information content (AvgIpc) is 2.94. The molecule has 0 saturated carbocycles. The number of halogens is 1. The van der Waals surface area contributed by atoms with Crippen molar-refractivity contribution in [2.45, 2.75) is 13.3 Å². The monoisotopic (exact) mass is 330 g/mol. The summed E-state index contributed by atoms with van der Waals surface area (Å²) < 4.78 is 19.3. The number of nitrogens with one attached hydrogen (secondary N) is 1. The van der Waals surface area contributed by atoms with Gasteiger partial charge in [-0.15, -0.1) is 0 Å². The smallest absolute Gasteiger partial charge is 0.264 e. The van der Waals surface area contributed by atoms with Crippen LogP contribution >= 0.6 is 11.3 Å². The van der Waals surface area contributed by atoms with Gasteiger partial charge in [0.2, 0.25) is 0 Å². The second kappa shape index (κ2) is 6.75. The van der Waals surface area contributed by atoms with Crippen LogP contribution in [0.4, 0.5) is 9.52 Å². The third-order valence-electron chi connectivity index (χ3n) is 3.27. The van der Waals surface area contributed by atoms with E-state index in [1.807, 2.05) is 24.3 Å². The number of carbonyl (C=O) groups excluding carboxylic acids is 1. The summed E-state index contributed by atoms with van der Waals surface area (Å²) in [5, 5.41) is 3.10. The molecule has 1 heterocycles. The molecule has 118 valence electrons. The Kier molecular flexibility index (Phi) is 4.52. The van der Waals surface area contributed by atoms with Crippen LogP contribution in [0.2, 0.25) is 0 Å². The molecule has 0 unspecified atom stereocenters. The molecule has 6 heteroatoms. The van der Waals surface area contributed by atoms with E-state index in [4.69, 9.17) is 4.74 Å². The molecule has 0 bridgehead atoms. The molecule has 0 fully saturated rings. The van der Waals surface area contributed by atoms with Gasteiger partial charge in [-0.25, -0.2) is 9.37 Å². The van der Waals surface area contributed by atoms with E-state index in [0.717, 1.165) is 12.0 Å². The number of benzene rings is 2. The van der Waals surface area contributed by atoms with Crippen LogP contribution in [-0.2, 0) is 11.2 Å². The molecule has 3 aromatic rings. The number of aromatic nitrogens is 1. The van der Waals surface area contributed by atoms with Crippen molar-refractivity contribution in [3.63, 3.8) is 0 Å². The maximum Gasteiger partial charge on any atom is 0.264 e. The molecule has 0 aliphatic rings. The van der Waals surface area contributed by atoms with Gasteiger partial charge in [0.25, 0.3) is 5.91 Å². The summed E-state index contributed by atoms with van der Waals surface area (Å²) in [6.45, 7) is 1.96. The third kappa shape index (κ3) is 3.84.